The minimum atomic E-state index is 0.816. The molecule has 13 aromatic rings. The summed E-state index contributed by atoms with van der Waals surface area (Å²) in [4.78, 5) is 4.68. The fraction of sp³-hybridized carbons (Fsp3) is 0. The number of furan rings is 2. The van der Waals surface area contributed by atoms with Crippen LogP contribution in [0.4, 0.5) is 34.1 Å². The molecule has 14 rings (SSSR count). The first-order valence-electron chi connectivity index (χ1n) is 22.0. The topological polar surface area (TPSA) is 42.0 Å². The van der Waals surface area contributed by atoms with E-state index in [1.165, 1.54) is 10.8 Å². The smallest absolute Gasteiger partial charge is 0.137 e. The van der Waals surface area contributed by atoms with Gasteiger partial charge < -0.3 is 23.4 Å². The molecule has 1 aliphatic heterocycles. The Morgan fingerprint density at radius 3 is 1.45 bits per heavy atom. The molecular formula is C60H36N2O3. The first-order valence-corrected chi connectivity index (χ1v) is 22.0. The van der Waals surface area contributed by atoms with Gasteiger partial charge in [0.05, 0.1) is 5.69 Å². The van der Waals surface area contributed by atoms with Crippen molar-refractivity contribution in [3.8, 4) is 22.6 Å². The average molecular weight is 833 g/mol. The zero-order valence-electron chi connectivity index (χ0n) is 34.9. The number of ether oxygens (including phenoxy) is 1. The predicted octanol–water partition coefficient (Wildman–Crippen LogP) is 17.7. The molecule has 0 bridgehead atoms. The first kappa shape index (κ1) is 35.8. The highest BCUT2D eigenvalue weighted by atomic mass is 16.5. The summed E-state index contributed by atoms with van der Waals surface area (Å²) in [6.45, 7) is 0. The van der Waals surface area contributed by atoms with Crippen molar-refractivity contribution in [2.75, 3.05) is 9.80 Å². The van der Waals surface area contributed by atoms with Gasteiger partial charge in [0.25, 0.3) is 0 Å². The van der Waals surface area contributed by atoms with Gasteiger partial charge >= 0.3 is 0 Å². The van der Waals surface area contributed by atoms with Crippen molar-refractivity contribution in [2.45, 2.75) is 0 Å². The van der Waals surface area contributed by atoms with E-state index in [9.17, 15) is 0 Å². The summed E-state index contributed by atoms with van der Waals surface area (Å²) in [5.41, 5.74) is 12.0. The number of rotatable bonds is 6. The van der Waals surface area contributed by atoms with Crippen LogP contribution in [0.2, 0.25) is 0 Å². The Balaban J connectivity index is 0.960. The number of fused-ring (bicyclic) bond motifs is 12. The third-order valence-corrected chi connectivity index (χ3v) is 13.2. The molecule has 5 heteroatoms. The zero-order valence-corrected chi connectivity index (χ0v) is 34.9. The molecule has 0 saturated heterocycles. The van der Waals surface area contributed by atoms with Gasteiger partial charge in [-0.25, -0.2) is 0 Å². The molecule has 0 saturated carbocycles. The van der Waals surface area contributed by atoms with Crippen molar-refractivity contribution in [1.29, 1.82) is 0 Å². The van der Waals surface area contributed by atoms with Crippen LogP contribution in [0.15, 0.2) is 227 Å². The van der Waals surface area contributed by atoms with Crippen molar-refractivity contribution in [1.82, 2.24) is 0 Å². The molecule has 0 aliphatic carbocycles. The van der Waals surface area contributed by atoms with Crippen LogP contribution in [0.25, 0.3) is 87.3 Å². The van der Waals surface area contributed by atoms with E-state index in [1.807, 2.05) is 24.3 Å². The Hall–Kier alpha value is -8.80. The number of para-hydroxylation sites is 4. The Labute approximate surface area is 373 Å². The molecule has 0 atom stereocenters. The first-order chi connectivity index (χ1) is 32.2. The van der Waals surface area contributed by atoms with E-state index in [1.54, 1.807) is 0 Å². The average Bonchev–Trinajstić information content (AvgIpc) is 3.93. The second-order valence-corrected chi connectivity index (χ2v) is 16.8. The Morgan fingerprint density at radius 2 is 0.769 bits per heavy atom. The highest BCUT2D eigenvalue weighted by Gasteiger charge is 2.26. The Kier molecular flexibility index (Phi) is 7.62. The van der Waals surface area contributed by atoms with Crippen LogP contribution in [-0.2, 0) is 0 Å². The lowest BCUT2D eigenvalue weighted by Gasteiger charge is -2.29. The lowest BCUT2D eigenvalue weighted by atomic mass is 9.88. The molecular weight excluding hydrogens is 797 g/mol. The van der Waals surface area contributed by atoms with Crippen molar-refractivity contribution in [3.05, 3.63) is 218 Å². The van der Waals surface area contributed by atoms with Crippen LogP contribution < -0.4 is 14.5 Å². The zero-order chi connectivity index (χ0) is 42.6. The largest absolute Gasteiger partial charge is 0.456 e. The van der Waals surface area contributed by atoms with E-state index >= 15 is 0 Å². The van der Waals surface area contributed by atoms with E-state index in [4.69, 9.17) is 13.6 Å². The van der Waals surface area contributed by atoms with E-state index < -0.39 is 0 Å². The summed E-state index contributed by atoms with van der Waals surface area (Å²) in [5, 5.41) is 11.3. The van der Waals surface area contributed by atoms with Crippen LogP contribution in [0.3, 0.4) is 0 Å². The van der Waals surface area contributed by atoms with Crippen LogP contribution >= 0.6 is 0 Å². The third kappa shape index (κ3) is 5.46. The molecule has 0 unspecified atom stereocenters. The minimum absolute atomic E-state index is 0.816. The van der Waals surface area contributed by atoms with Gasteiger partial charge in [0.2, 0.25) is 0 Å². The fourth-order valence-corrected chi connectivity index (χ4v) is 10.3. The normalized spacial score (nSPS) is 12.1. The van der Waals surface area contributed by atoms with Crippen LogP contribution in [0, 0.1) is 0 Å². The van der Waals surface area contributed by atoms with Gasteiger partial charge in [-0.2, -0.15) is 0 Å². The van der Waals surface area contributed by atoms with Gasteiger partial charge in [0, 0.05) is 72.4 Å². The highest BCUT2D eigenvalue weighted by molar-refractivity contribution is 6.26. The maximum absolute atomic E-state index is 6.99. The quantitative estimate of drug-likeness (QED) is 0.156. The third-order valence-electron chi connectivity index (χ3n) is 13.2. The van der Waals surface area contributed by atoms with Gasteiger partial charge in [-0.15, -0.1) is 0 Å². The second kappa shape index (κ2) is 13.9. The fourth-order valence-electron chi connectivity index (χ4n) is 10.3. The van der Waals surface area contributed by atoms with Crippen molar-refractivity contribution in [3.63, 3.8) is 0 Å². The molecule has 0 spiro atoms. The van der Waals surface area contributed by atoms with E-state index in [-0.39, 0.29) is 0 Å². The molecule has 3 heterocycles. The number of anilines is 6. The van der Waals surface area contributed by atoms with E-state index in [0.29, 0.717) is 0 Å². The van der Waals surface area contributed by atoms with Crippen molar-refractivity contribution in [2.24, 2.45) is 0 Å². The summed E-state index contributed by atoms with van der Waals surface area (Å²) < 4.78 is 19.5. The number of benzene rings is 11. The summed E-state index contributed by atoms with van der Waals surface area (Å²) in [7, 11) is 0. The maximum Gasteiger partial charge on any atom is 0.137 e. The Morgan fingerprint density at radius 1 is 0.262 bits per heavy atom. The van der Waals surface area contributed by atoms with Gasteiger partial charge in [0.1, 0.15) is 33.8 Å². The van der Waals surface area contributed by atoms with Crippen molar-refractivity contribution < 1.29 is 13.6 Å². The number of hydrogen-bond acceptors (Lipinski definition) is 5. The molecule has 65 heavy (non-hydrogen) atoms. The maximum atomic E-state index is 6.99. The molecule has 2 aromatic heterocycles. The summed E-state index contributed by atoms with van der Waals surface area (Å²) in [6.07, 6.45) is 0. The SMILES string of the molecule is c1ccc(N(c2ccc3c(c2)Oc2cccc4c2c-3cc2c3ccccc3c(N(c3ccccc3)c3ccc5oc6ccccc6c5c3)cc42)c2ccc3oc4ccccc4c3c2)cc1. The van der Waals surface area contributed by atoms with E-state index in [2.05, 4.69) is 204 Å². The van der Waals surface area contributed by atoms with Crippen LogP contribution in [-0.4, -0.2) is 0 Å². The molecule has 5 nitrogen and oxygen atoms in total. The van der Waals surface area contributed by atoms with Crippen molar-refractivity contribution >= 4 is 110 Å². The number of hydrogen-bond donors (Lipinski definition) is 0. The molecule has 0 radical (unpaired) electrons. The van der Waals surface area contributed by atoms with Gasteiger partial charge in [-0.1, -0.05) is 109 Å². The lowest BCUT2D eigenvalue weighted by Crippen LogP contribution is -2.11. The summed E-state index contributed by atoms with van der Waals surface area (Å²) in [6, 6.07) is 77.3. The van der Waals surface area contributed by atoms with Gasteiger partial charge in [0.15, 0.2) is 0 Å². The predicted molar refractivity (Wildman–Crippen MR) is 268 cm³/mol. The molecule has 11 aromatic carbocycles. The summed E-state index contributed by atoms with van der Waals surface area (Å²) >= 11 is 0. The summed E-state index contributed by atoms with van der Waals surface area (Å²) in [5.74, 6) is 1.66. The van der Waals surface area contributed by atoms with E-state index in [0.717, 1.165) is 122 Å². The monoisotopic (exact) mass is 832 g/mol. The van der Waals surface area contributed by atoms with Crippen LogP contribution in [0.1, 0.15) is 0 Å². The number of nitrogens with zero attached hydrogens (tertiary/aromatic N) is 2. The van der Waals surface area contributed by atoms with Gasteiger partial charge in [-0.05, 0) is 130 Å². The molecule has 0 fully saturated rings. The standard InChI is InChI=1S/C60H36N2O3/c1-3-14-37(15-4-1)61(39-27-30-56-50(32-39)44-20-9-11-23-54(44)63-56)41-26-29-46-52-35-48-42-18-7-8-19-43(42)53(36-49(48)47-22-13-25-58(60(47)52)65-59(46)34-41)62(38-16-5-2-6-17-38)40-28-31-57-51(33-40)45-21-10-12-24-55(45)64-57/h1-36H. The van der Waals surface area contributed by atoms with Gasteiger partial charge in [-0.3, -0.25) is 0 Å². The molecule has 304 valence electrons. The Bertz CT molecular complexity index is 4060. The molecule has 0 amide bonds. The van der Waals surface area contributed by atoms with Crippen LogP contribution in [0.5, 0.6) is 11.5 Å². The second-order valence-electron chi connectivity index (χ2n) is 16.8. The molecule has 1 aliphatic rings. The molecule has 0 N–H and O–H groups in total. The lowest BCUT2D eigenvalue weighted by molar-refractivity contribution is 0.487. The highest BCUT2D eigenvalue weighted by Crippen LogP contribution is 2.53. The minimum Gasteiger partial charge on any atom is -0.456 e.